The molecule has 1 rings (SSSR count). The van der Waals surface area contributed by atoms with E-state index in [1.165, 1.54) is 0 Å². The molecule has 5 heteroatoms. The first kappa shape index (κ1) is 13.2. The maximum Gasteiger partial charge on any atom is 0.220 e. The van der Waals surface area contributed by atoms with E-state index in [9.17, 15) is 14.9 Å². The Hall–Kier alpha value is -1.91. The normalized spacial score (nSPS) is 9.88. The van der Waals surface area contributed by atoms with Crippen molar-refractivity contribution in [3.05, 3.63) is 46.0 Å². The van der Waals surface area contributed by atoms with Gasteiger partial charge in [0.25, 0.3) is 0 Å². The minimum Gasteiger partial charge on any atom is -0.356 e. The molecule has 0 aliphatic rings. The van der Waals surface area contributed by atoms with Gasteiger partial charge in [0.2, 0.25) is 12.5 Å². The molecule has 0 spiro atoms. The molecule has 1 aromatic carbocycles. The highest BCUT2D eigenvalue weighted by Crippen LogP contribution is 2.01. The van der Waals surface area contributed by atoms with Crippen LogP contribution < -0.4 is 5.32 Å². The summed E-state index contributed by atoms with van der Waals surface area (Å²) in [5.74, 6) is -0.0581. The van der Waals surface area contributed by atoms with Crippen molar-refractivity contribution >= 4 is 5.91 Å². The van der Waals surface area contributed by atoms with E-state index in [1.54, 1.807) is 0 Å². The molecule has 5 nitrogen and oxygen atoms in total. The van der Waals surface area contributed by atoms with Crippen molar-refractivity contribution in [3.63, 3.8) is 0 Å². The predicted octanol–water partition coefficient (Wildman–Crippen LogP) is 1.40. The van der Waals surface area contributed by atoms with E-state index in [-0.39, 0.29) is 17.4 Å². The molecule has 92 valence electrons. The molecule has 0 unspecified atom stereocenters. The highest BCUT2D eigenvalue weighted by Gasteiger charge is 2.02. The molecule has 1 N–H and O–H groups in total. The fourth-order valence-electron chi connectivity index (χ4n) is 1.43. The summed E-state index contributed by atoms with van der Waals surface area (Å²) in [6, 6.07) is 9.75. The van der Waals surface area contributed by atoms with Gasteiger partial charge in [-0.3, -0.25) is 14.9 Å². The second-order valence-corrected chi connectivity index (χ2v) is 3.75. The van der Waals surface area contributed by atoms with Crippen LogP contribution in [-0.4, -0.2) is 23.9 Å². The summed E-state index contributed by atoms with van der Waals surface area (Å²) in [7, 11) is 0. The van der Waals surface area contributed by atoms with Crippen LogP contribution in [-0.2, 0) is 11.2 Å². The van der Waals surface area contributed by atoms with Crippen molar-refractivity contribution in [2.45, 2.75) is 19.3 Å². The summed E-state index contributed by atoms with van der Waals surface area (Å²) in [6.45, 7) is 0.271. The minimum absolute atomic E-state index is 0.0581. The third kappa shape index (κ3) is 6.29. The first-order valence-corrected chi connectivity index (χ1v) is 5.61. The van der Waals surface area contributed by atoms with Crippen LogP contribution in [0.5, 0.6) is 0 Å². The van der Waals surface area contributed by atoms with E-state index in [2.05, 4.69) is 5.32 Å². The van der Waals surface area contributed by atoms with Crippen LogP contribution in [0.15, 0.2) is 30.3 Å². The maximum atomic E-state index is 11.4. The second kappa shape index (κ2) is 7.38. The van der Waals surface area contributed by atoms with Crippen LogP contribution in [0.4, 0.5) is 0 Å². The number of carbonyl (C=O) groups excluding carboxylic acids is 1. The fraction of sp³-hybridized carbons (Fsp3) is 0.417. The van der Waals surface area contributed by atoms with Crippen LogP contribution in [0.25, 0.3) is 0 Å². The van der Waals surface area contributed by atoms with Crippen LogP contribution in [0.1, 0.15) is 18.4 Å². The number of nitro groups is 1. The highest BCUT2D eigenvalue weighted by molar-refractivity contribution is 5.76. The molecule has 0 aromatic heterocycles. The van der Waals surface area contributed by atoms with Gasteiger partial charge in [0.05, 0.1) is 0 Å². The molecule has 0 radical (unpaired) electrons. The number of hydrogen-bond acceptors (Lipinski definition) is 3. The van der Waals surface area contributed by atoms with Crippen LogP contribution in [0, 0.1) is 10.1 Å². The number of carbonyl (C=O) groups is 1. The lowest BCUT2D eigenvalue weighted by Crippen LogP contribution is -2.26. The third-order valence-corrected chi connectivity index (χ3v) is 2.32. The lowest BCUT2D eigenvalue weighted by molar-refractivity contribution is -0.480. The molecule has 1 aromatic rings. The molecule has 0 aliphatic carbocycles. The topological polar surface area (TPSA) is 72.2 Å². The van der Waals surface area contributed by atoms with Gasteiger partial charge < -0.3 is 5.32 Å². The number of amides is 1. The monoisotopic (exact) mass is 236 g/mol. The number of aryl methyl sites for hydroxylation is 1. The molecule has 0 aliphatic heterocycles. The summed E-state index contributed by atoms with van der Waals surface area (Å²) >= 11 is 0. The van der Waals surface area contributed by atoms with Gasteiger partial charge in [-0.15, -0.1) is 0 Å². The lowest BCUT2D eigenvalue weighted by atomic mass is 10.1. The van der Waals surface area contributed by atoms with Gasteiger partial charge in [-0.25, -0.2) is 0 Å². The average molecular weight is 236 g/mol. The molecular formula is C12H16N2O3. The Kier molecular flexibility index (Phi) is 5.71. The van der Waals surface area contributed by atoms with Crippen molar-refractivity contribution in [2.24, 2.45) is 0 Å². The zero-order chi connectivity index (χ0) is 12.5. The van der Waals surface area contributed by atoms with E-state index in [4.69, 9.17) is 0 Å². The second-order valence-electron chi connectivity index (χ2n) is 3.75. The Morgan fingerprint density at radius 1 is 1.29 bits per heavy atom. The maximum absolute atomic E-state index is 11.4. The first-order valence-electron chi connectivity index (χ1n) is 5.61. The summed E-state index contributed by atoms with van der Waals surface area (Å²) in [4.78, 5) is 21.0. The number of hydrogen-bond donors (Lipinski definition) is 1. The van der Waals surface area contributed by atoms with Crippen molar-refractivity contribution in [1.82, 2.24) is 5.32 Å². The highest BCUT2D eigenvalue weighted by atomic mass is 16.6. The molecule has 0 bridgehead atoms. The number of nitrogens with one attached hydrogen (secondary N) is 1. The van der Waals surface area contributed by atoms with Gasteiger partial charge in [0.1, 0.15) is 0 Å². The number of benzene rings is 1. The smallest absolute Gasteiger partial charge is 0.220 e. The Balaban J connectivity index is 2.11. The Morgan fingerprint density at radius 3 is 2.65 bits per heavy atom. The van der Waals surface area contributed by atoms with Gasteiger partial charge >= 0.3 is 0 Å². The van der Waals surface area contributed by atoms with Crippen molar-refractivity contribution in [3.8, 4) is 0 Å². The van der Waals surface area contributed by atoms with Gasteiger partial charge in [-0.2, -0.15) is 0 Å². The van der Waals surface area contributed by atoms with Crippen LogP contribution in [0.3, 0.4) is 0 Å². The van der Waals surface area contributed by atoms with Gasteiger partial charge in [0.15, 0.2) is 0 Å². The molecule has 1 amide bonds. The van der Waals surface area contributed by atoms with E-state index >= 15 is 0 Å². The van der Waals surface area contributed by atoms with Crippen molar-refractivity contribution < 1.29 is 9.72 Å². The summed E-state index contributed by atoms with van der Waals surface area (Å²) in [6.07, 6.45) is 1.49. The zero-order valence-corrected chi connectivity index (χ0v) is 9.59. The molecule has 0 saturated heterocycles. The van der Waals surface area contributed by atoms with Crippen molar-refractivity contribution in [2.75, 3.05) is 13.1 Å². The average Bonchev–Trinajstić information content (AvgIpc) is 2.33. The third-order valence-electron chi connectivity index (χ3n) is 2.32. The SMILES string of the molecule is O=C(CCc1ccccc1)NCCC[N+](=O)[O-]. The summed E-state index contributed by atoms with van der Waals surface area (Å²) in [5.41, 5.74) is 1.12. The van der Waals surface area contributed by atoms with Gasteiger partial charge in [-0.05, 0) is 12.0 Å². The largest absolute Gasteiger partial charge is 0.356 e. The van der Waals surface area contributed by atoms with Crippen molar-refractivity contribution in [1.29, 1.82) is 0 Å². The Labute approximate surface area is 100.0 Å². The van der Waals surface area contributed by atoms with Crippen LogP contribution in [0.2, 0.25) is 0 Å². The van der Waals surface area contributed by atoms with Gasteiger partial charge in [0, 0.05) is 24.3 Å². The van der Waals surface area contributed by atoms with E-state index < -0.39 is 0 Å². The van der Waals surface area contributed by atoms with E-state index in [0.29, 0.717) is 25.8 Å². The van der Waals surface area contributed by atoms with E-state index in [0.717, 1.165) is 5.56 Å². The molecular weight excluding hydrogens is 220 g/mol. The standard InChI is InChI=1S/C12H16N2O3/c15-12(13-9-4-10-14(16)17)8-7-11-5-2-1-3-6-11/h1-3,5-6H,4,7-10H2,(H,13,15). The predicted molar refractivity (Wildman–Crippen MR) is 64.3 cm³/mol. The molecule has 0 heterocycles. The molecule has 17 heavy (non-hydrogen) atoms. The quantitative estimate of drug-likeness (QED) is 0.442. The molecule has 0 atom stereocenters. The Morgan fingerprint density at radius 2 is 2.00 bits per heavy atom. The van der Waals surface area contributed by atoms with E-state index in [1.807, 2.05) is 30.3 Å². The minimum atomic E-state index is -0.379. The fourth-order valence-corrected chi connectivity index (χ4v) is 1.43. The zero-order valence-electron chi connectivity index (χ0n) is 9.59. The summed E-state index contributed by atoms with van der Waals surface area (Å²) < 4.78 is 0. The number of rotatable bonds is 7. The Bertz CT molecular complexity index is 365. The first-order chi connectivity index (χ1) is 8.18. The van der Waals surface area contributed by atoms with Gasteiger partial charge in [-0.1, -0.05) is 30.3 Å². The summed E-state index contributed by atoms with van der Waals surface area (Å²) in [5, 5.41) is 12.7. The number of nitrogens with zero attached hydrogens (tertiary/aromatic N) is 1. The lowest BCUT2D eigenvalue weighted by Gasteiger charge is -2.03. The van der Waals surface area contributed by atoms with Crippen LogP contribution >= 0.6 is 0 Å². The molecule has 0 fully saturated rings. The molecule has 0 saturated carbocycles.